The number of allylic oxidation sites excluding steroid dienone is 2. The summed E-state index contributed by atoms with van der Waals surface area (Å²) in [6.45, 7) is 6.56. The smallest absolute Gasteiger partial charge is 0.409 e. The van der Waals surface area contributed by atoms with Gasteiger partial charge in [0.1, 0.15) is 13.2 Å². The molecule has 0 rings (SSSR count). The number of hydrogen-bond acceptors (Lipinski definition) is 6. The Morgan fingerprint density at radius 2 is 0.907 bits per heavy atom. The van der Waals surface area contributed by atoms with Crippen LogP contribution in [-0.2, 0) is 23.8 Å². The third-order valence-corrected chi connectivity index (χ3v) is 7.51. The number of nitrogens with zero attached hydrogens (tertiary/aromatic N) is 1. The zero-order valence-corrected chi connectivity index (χ0v) is 28.1. The van der Waals surface area contributed by atoms with Crippen LogP contribution in [0.1, 0.15) is 155 Å². The molecule has 0 saturated heterocycles. The zero-order valence-electron chi connectivity index (χ0n) is 28.1. The van der Waals surface area contributed by atoms with Gasteiger partial charge in [0.2, 0.25) is 0 Å². The van der Waals surface area contributed by atoms with Crippen LogP contribution in [0.25, 0.3) is 0 Å². The second-order valence-corrected chi connectivity index (χ2v) is 11.5. The lowest BCUT2D eigenvalue weighted by molar-refractivity contribution is -0.143. The van der Waals surface area contributed by atoms with Gasteiger partial charge in [0, 0.05) is 25.9 Å². The van der Waals surface area contributed by atoms with E-state index in [-0.39, 0.29) is 18.0 Å². The first-order chi connectivity index (χ1) is 21.0. The van der Waals surface area contributed by atoms with Crippen molar-refractivity contribution in [3.8, 4) is 0 Å². The Morgan fingerprint density at radius 1 is 0.512 bits per heavy atom. The molecule has 0 atom stereocenters. The van der Waals surface area contributed by atoms with Gasteiger partial charge in [0.25, 0.3) is 0 Å². The second-order valence-electron chi connectivity index (χ2n) is 11.5. The Morgan fingerprint density at radius 3 is 1.33 bits per heavy atom. The highest BCUT2D eigenvalue weighted by molar-refractivity contribution is 5.69. The molecule has 7 heteroatoms. The van der Waals surface area contributed by atoms with Gasteiger partial charge in [0.15, 0.2) is 0 Å². The first kappa shape index (κ1) is 40.7. The summed E-state index contributed by atoms with van der Waals surface area (Å²) in [5, 5.41) is 0. The van der Waals surface area contributed by atoms with Crippen LogP contribution in [0.3, 0.4) is 0 Å². The van der Waals surface area contributed by atoms with Crippen molar-refractivity contribution in [3.63, 3.8) is 0 Å². The topological polar surface area (TPSA) is 82.1 Å². The Balaban J connectivity index is 3.75. The highest BCUT2D eigenvalue weighted by Crippen LogP contribution is 2.11. The molecule has 0 fully saturated rings. The molecule has 0 aliphatic carbocycles. The molecule has 0 spiro atoms. The fourth-order valence-corrected chi connectivity index (χ4v) is 4.80. The number of amides is 1. The first-order valence-electron chi connectivity index (χ1n) is 17.5. The minimum Gasteiger partial charge on any atom is -0.461 e. The number of unbranched alkanes of at least 4 members (excludes halogenated alkanes) is 16. The summed E-state index contributed by atoms with van der Waals surface area (Å²) in [6, 6.07) is 0. The van der Waals surface area contributed by atoms with Crippen LogP contribution in [0, 0.1) is 0 Å². The quantitative estimate of drug-likeness (QED) is 0.0350. The fraction of sp³-hybridized carbons (Fsp3) is 0.806. The van der Waals surface area contributed by atoms with Crippen molar-refractivity contribution in [1.29, 1.82) is 0 Å². The van der Waals surface area contributed by atoms with E-state index in [1.54, 1.807) is 4.90 Å². The number of carbonyl (C=O) groups excluding carboxylic acids is 3. The molecule has 0 aromatic carbocycles. The third kappa shape index (κ3) is 29.5. The van der Waals surface area contributed by atoms with E-state index in [9.17, 15) is 14.4 Å². The fourth-order valence-electron chi connectivity index (χ4n) is 4.80. The van der Waals surface area contributed by atoms with Crippen LogP contribution < -0.4 is 0 Å². The van der Waals surface area contributed by atoms with Gasteiger partial charge in [0.05, 0.1) is 7.11 Å². The molecule has 0 aromatic rings. The van der Waals surface area contributed by atoms with E-state index >= 15 is 0 Å². The molecule has 7 nitrogen and oxygen atoms in total. The summed E-state index contributed by atoms with van der Waals surface area (Å²) in [5.41, 5.74) is 0. The predicted molar refractivity (Wildman–Crippen MR) is 177 cm³/mol. The lowest BCUT2D eigenvalue weighted by Crippen LogP contribution is -2.32. The van der Waals surface area contributed by atoms with E-state index in [1.807, 2.05) is 12.2 Å². The van der Waals surface area contributed by atoms with Crippen LogP contribution in [0.4, 0.5) is 4.79 Å². The van der Waals surface area contributed by atoms with Gasteiger partial charge in [-0.25, -0.2) is 4.79 Å². The lowest BCUT2D eigenvalue weighted by atomic mass is 10.1. The Hall–Kier alpha value is -2.31. The predicted octanol–water partition coefficient (Wildman–Crippen LogP) is 9.88. The molecule has 0 aromatic heterocycles. The summed E-state index contributed by atoms with van der Waals surface area (Å²) in [4.78, 5) is 37.7. The van der Waals surface area contributed by atoms with E-state index in [1.165, 1.54) is 58.5 Å². The van der Waals surface area contributed by atoms with Crippen molar-refractivity contribution in [1.82, 2.24) is 4.90 Å². The Bertz CT molecular complexity index is 669. The number of methoxy groups -OCH3 is 1. The average molecular weight is 608 g/mol. The van der Waals surface area contributed by atoms with Gasteiger partial charge >= 0.3 is 18.0 Å². The molecule has 0 bridgehead atoms. The summed E-state index contributed by atoms with van der Waals surface area (Å²) < 4.78 is 15.5. The van der Waals surface area contributed by atoms with Gasteiger partial charge in [-0.2, -0.15) is 0 Å². The average Bonchev–Trinajstić information content (AvgIpc) is 3.01. The van der Waals surface area contributed by atoms with E-state index in [2.05, 4.69) is 26.0 Å². The molecule has 0 saturated carbocycles. The highest BCUT2D eigenvalue weighted by atomic mass is 16.5. The number of esters is 2. The van der Waals surface area contributed by atoms with Crippen molar-refractivity contribution >= 4 is 18.0 Å². The lowest BCUT2D eigenvalue weighted by Gasteiger charge is -2.21. The second kappa shape index (κ2) is 32.6. The molecule has 0 aliphatic heterocycles. The molecule has 43 heavy (non-hydrogen) atoms. The first-order valence-corrected chi connectivity index (χ1v) is 17.5. The molecular formula is C36H65NO6. The summed E-state index contributed by atoms with van der Waals surface area (Å²) in [7, 11) is 1.43. The number of ether oxygens (including phenoxy) is 3. The standard InChI is InChI=1S/C36H65NO6/c1-4-6-8-10-12-20-26-32-42-34(38)28-22-16-14-18-24-30-37(36(40)41-3)31-25-19-15-17-23-29-35(39)43-33-27-21-13-11-9-7-5-2/h20-21,26-27H,4-19,22-25,28-33H2,1-3H3/b26-20-,27-21-. The molecule has 250 valence electrons. The normalized spacial score (nSPS) is 11.3. The van der Waals surface area contributed by atoms with Crippen LogP contribution in [0.15, 0.2) is 24.3 Å². The maximum Gasteiger partial charge on any atom is 0.409 e. The van der Waals surface area contributed by atoms with Crippen molar-refractivity contribution in [2.24, 2.45) is 0 Å². The number of carbonyl (C=O) groups is 3. The maximum atomic E-state index is 12.2. The summed E-state index contributed by atoms with van der Waals surface area (Å²) >= 11 is 0. The molecule has 0 N–H and O–H groups in total. The van der Waals surface area contributed by atoms with Gasteiger partial charge in [-0.05, 0) is 51.4 Å². The van der Waals surface area contributed by atoms with Crippen LogP contribution in [0.2, 0.25) is 0 Å². The van der Waals surface area contributed by atoms with Gasteiger partial charge < -0.3 is 19.1 Å². The van der Waals surface area contributed by atoms with E-state index in [4.69, 9.17) is 14.2 Å². The molecule has 0 heterocycles. The summed E-state index contributed by atoms with van der Waals surface area (Å²) in [6.07, 6.45) is 30.5. The van der Waals surface area contributed by atoms with Crippen LogP contribution in [-0.4, -0.2) is 56.3 Å². The minimum atomic E-state index is -0.268. The molecule has 0 aliphatic rings. The molecule has 1 amide bonds. The van der Waals surface area contributed by atoms with Crippen LogP contribution >= 0.6 is 0 Å². The van der Waals surface area contributed by atoms with Crippen molar-refractivity contribution in [2.75, 3.05) is 33.4 Å². The SMILES string of the molecule is CCCCCC/C=C\COC(=O)CCCCCCCN(CCCCCCCC(=O)OC/C=C\CCCCCC)C(=O)OC. The number of rotatable bonds is 30. The van der Waals surface area contributed by atoms with E-state index < -0.39 is 0 Å². The molecular weight excluding hydrogens is 542 g/mol. The third-order valence-electron chi connectivity index (χ3n) is 7.51. The summed E-state index contributed by atoms with van der Waals surface area (Å²) in [5.74, 6) is -0.243. The molecule has 0 radical (unpaired) electrons. The van der Waals surface area contributed by atoms with E-state index in [0.717, 1.165) is 77.0 Å². The van der Waals surface area contributed by atoms with Crippen molar-refractivity contribution in [2.45, 2.75) is 155 Å². The largest absolute Gasteiger partial charge is 0.461 e. The van der Waals surface area contributed by atoms with Crippen molar-refractivity contribution in [3.05, 3.63) is 24.3 Å². The minimum absolute atomic E-state index is 0.122. The highest BCUT2D eigenvalue weighted by Gasteiger charge is 2.12. The monoisotopic (exact) mass is 607 g/mol. The number of hydrogen-bond donors (Lipinski definition) is 0. The zero-order chi connectivity index (χ0) is 31.6. The maximum absolute atomic E-state index is 12.2. The van der Waals surface area contributed by atoms with Crippen LogP contribution in [0.5, 0.6) is 0 Å². The Labute approximate surface area is 264 Å². The van der Waals surface area contributed by atoms with Gasteiger partial charge in [-0.15, -0.1) is 0 Å². The Kier molecular flexibility index (Phi) is 30.8. The van der Waals surface area contributed by atoms with Gasteiger partial charge in [-0.1, -0.05) is 115 Å². The van der Waals surface area contributed by atoms with E-state index in [0.29, 0.717) is 39.1 Å². The molecule has 0 unspecified atom stereocenters. The van der Waals surface area contributed by atoms with Gasteiger partial charge in [-0.3, -0.25) is 9.59 Å². The van der Waals surface area contributed by atoms with Crippen molar-refractivity contribution < 1.29 is 28.6 Å².